The maximum atomic E-state index is 4.54. The van der Waals surface area contributed by atoms with Gasteiger partial charge in [0.1, 0.15) is 0 Å². The molecule has 4 rings (SSSR count). The van der Waals surface area contributed by atoms with E-state index in [2.05, 4.69) is 32.6 Å². The SMILES string of the molecule is c1cnc2c(c1)CCC(NC1CCc3[nH]ncc3C1)CC2. The fourth-order valence-electron chi connectivity index (χ4n) is 3.77. The van der Waals surface area contributed by atoms with Gasteiger partial charge in [-0.25, -0.2) is 0 Å². The average molecular weight is 282 g/mol. The molecule has 2 heterocycles. The molecule has 0 aliphatic heterocycles. The van der Waals surface area contributed by atoms with Crippen LogP contribution in [0.3, 0.4) is 0 Å². The Labute approximate surface area is 125 Å². The van der Waals surface area contributed by atoms with Crippen molar-refractivity contribution in [2.75, 3.05) is 0 Å². The zero-order chi connectivity index (χ0) is 14.1. The lowest BCUT2D eigenvalue weighted by molar-refractivity contribution is 0.367. The summed E-state index contributed by atoms with van der Waals surface area (Å²) in [5, 5.41) is 11.2. The maximum Gasteiger partial charge on any atom is 0.0522 e. The molecule has 2 aromatic heterocycles. The molecular formula is C17H22N4. The number of hydrogen-bond donors (Lipinski definition) is 2. The number of pyridine rings is 1. The average Bonchev–Trinajstić information content (AvgIpc) is 2.89. The van der Waals surface area contributed by atoms with Crippen LogP contribution in [-0.4, -0.2) is 27.3 Å². The van der Waals surface area contributed by atoms with E-state index in [-0.39, 0.29) is 0 Å². The van der Waals surface area contributed by atoms with E-state index in [1.54, 1.807) is 0 Å². The van der Waals surface area contributed by atoms with E-state index in [0.29, 0.717) is 12.1 Å². The van der Waals surface area contributed by atoms with Crippen molar-refractivity contribution < 1.29 is 0 Å². The molecule has 21 heavy (non-hydrogen) atoms. The van der Waals surface area contributed by atoms with Crippen LogP contribution in [0.5, 0.6) is 0 Å². The first-order chi connectivity index (χ1) is 10.4. The van der Waals surface area contributed by atoms with Crippen LogP contribution in [0.1, 0.15) is 41.8 Å². The van der Waals surface area contributed by atoms with Crippen LogP contribution >= 0.6 is 0 Å². The van der Waals surface area contributed by atoms with Gasteiger partial charge in [0.25, 0.3) is 0 Å². The van der Waals surface area contributed by atoms with Crippen molar-refractivity contribution in [3.63, 3.8) is 0 Å². The molecule has 0 radical (unpaired) electrons. The minimum Gasteiger partial charge on any atom is -0.311 e. The topological polar surface area (TPSA) is 53.6 Å². The zero-order valence-corrected chi connectivity index (χ0v) is 12.3. The largest absolute Gasteiger partial charge is 0.311 e. The number of hydrogen-bond acceptors (Lipinski definition) is 3. The van der Waals surface area contributed by atoms with Gasteiger partial charge in [-0.05, 0) is 62.1 Å². The van der Waals surface area contributed by atoms with Gasteiger partial charge in [0, 0.05) is 29.7 Å². The number of nitrogens with zero attached hydrogens (tertiary/aromatic N) is 2. The highest BCUT2D eigenvalue weighted by Crippen LogP contribution is 2.23. The number of fused-ring (bicyclic) bond motifs is 2. The van der Waals surface area contributed by atoms with E-state index >= 15 is 0 Å². The minimum absolute atomic E-state index is 0.606. The third kappa shape index (κ3) is 2.72. The molecule has 2 aliphatic carbocycles. The van der Waals surface area contributed by atoms with E-state index < -0.39 is 0 Å². The molecule has 0 saturated heterocycles. The Kier molecular flexibility index (Phi) is 3.47. The predicted molar refractivity (Wildman–Crippen MR) is 82.2 cm³/mol. The Balaban J connectivity index is 1.39. The predicted octanol–water partition coefficient (Wildman–Crippen LogP) is 2.20. The molecular weight excluding hydrogens is 260 g/mol. The fourth-order valence-corrected chi connectivity index (χ4v) is 3.77. The van der Waals surface area contributed by atoms with Crippen LogP contribution in [0.25, 0.3) is 0 Å². The first-order valence-corrected chi connectivity index (χ1v) is 8.08. The van der Waals surface area contributed by atoms with Crippen molar-refractivity contribution >= 4 is 0 Å². The van der Waals surface area contributed by atoms with Crippen molar-refractivity contribution in [2.45, 2.75) is 57.0 Å². The molecule has 4 nitrogen and oxygen atoms in total. The number of nitrogens with one attached hydrogen (secondary N) is 2. The van der Waals surface area contributed by atoms with Gasteiger partial charge in [0.05, 0.1) is 6.20 Å². The van der Waals surface area contributed by atoms with E-state index in [0.717, 1.165) is 25.7 Å². The van der Waals surface area contributed by atoms with Crippen LogP contribution in [0.2, 0.25) is 0 Å². The number of aromatic nitrogens is 3. The van der Waals surface area contributed by atoms with Gasteiger partial charge in [0.2, 0.25) is 0 Å². The summed E-state index contributed by atoms with van der Waals surface area (Å²) in [7, 11) is 0. The molecule has 0 amide bonds. The Hall–Kier alpha value is -1.68. The molecule has 2 unspecified atom stereocenters. The van der Waals surface area contributed by atoms with Crippen molar-refractivity contribution in [1.82, 2.24) is 20.5 Å². The van der Waals surface area contributed by atoms with Crippen LogP contribution in [0.15, 0.2) is 24.5 Å². The Morgan fingerprint density at radius 2 is 1.95 bits per heavy atom. The minimum atomic E-state index is 0.606. The lowest BCUT2D eigenvalue weighted by Gasteiger charge is -2.27. The summed E-state index contributed by atoms with van der Waals surface area (Å²) in [6, 6.07) is 5.53. The van der Waals surface area contributed by atoms with Gasteiger partial charge in [-0.3, -0.25) is 10.1 Å². The van der Waals surface area contributed by atoms with Crippen molar-refractivity contribution in [3.05, 3.63) is 47.0 Å². The van der Waals surface area contributed by atoms with E-state index in [1.807, 2.05) is 12.4 Å². The Morgan fingerprint density at radius 1 is 1.05 bits per heavy atom. The molecule has 0 bridgehead atoms. The molecule has 0 fully saturated rings. The lowest BCUT2D eigenvalue weighted by atomic mass is 9.92. The molecule has 2 aromatic rings. The van der Waals surface area contributed by atoms with Crippen molar-refractivity contribution in [1.29, 1.82) is 0 Å². The van der Waals surface area contributed by atoms with Gasteiger partial charge in [-0.1, -0.05) is 6.07 Å². The second-order valence-electron chi connectivity index (χ2n) is 6.36. The molecule has 2 aliphatic rings. The third-order valence-corrected chi connectivity index (χ3v) is 4.96. The number of aryl methyl sites for hydroxylation is 3. The standard InChI is InChI=1S/C17H22N4/c1-2-12-3-4-14(5-7-16(12)18-9-1)20-15-6-8-17-13(10-15)11-19-21-17/h1-2,9,11,14-15,20H,3-8,10H2,(H,19,21). The summed E-state index contributed by atoms with van der Waals surface area (Å²) in [4.78, 5) is 4.54. The molecule has 0 saturated carbocycles. The normalized spacial score (nSPS) is 25.0. The summed E-state index contributed by atoms with van der Waals surface area (Å²) < 4.78 is 0. The molecule has 0 spiro atoms. The quantitative estimate of drug-likeness (QED) is 0.830. The molecule has 110 valence electrons. The Bertz CT molecular complexity index is 592. The van der Waals surface area contributed by atoms with E-state index in [4.69, 9.17) is 0 Å². The summed E-state index contributed by atoms with van der Waals surface area (Å²) in [5.74, 6) is 0. The summed E-state index contributed by atoms with van der Waals surface area (Å²) in [6.07, 6.45) is 12.1. The molecule has 2 N–H and O–H groups in total. The van der Waals surface area contributed by atoms with Crippen molar-refractivity contribution in [2.24, 2.45) is 0 Å². The van der Waals surface area contributed by atoms with Crippen LogP contribution in [-0.2, 0) is 25.7 Å². The summed E-state index contributed by atoms with van der Waals surface area (Å²) in [5.41, 5.74) is 5.49. The zero-order valence-electron chi connectivity index (χ0n) is 12.3. The third-order valence-electron chi connectivity index (χ3n) is 4.96. The number of H-pyrrole nitrogens is 1. The Morgan fingerprint density at radius 3 is 2.95 bits per heavy atom. The van der Waals surface area contributed by atoms with E-state index in [1.165, 1.54) is 41.8 Å². The van der Waals surface area contributed by atoms with Crippen LogP contribution in [0.4, 0.5) is 0 Å². The second-order valence-corrected chi connectivity index (χ2v) is 6.36. The second kappa shape index (κ2) is 5.60. The fraction of sp³-hybridized carbons (Fsp3) is 0.529. The molecule has 4 heteroatoms. The van der Waals surface area contributed by atoms with Crippen molar-refractivity contribution in [3.8, 4) is 0 Å². The molecule has 2 atom stereocenters. The van der Waals surface area contributed by atoms with Gasteiger partial charge in [-0.2, -0.15) is 5.10 Å². The summed E-state index contributed by atoms with van der Waals surface area (Å²) >= 11 is 0. The highest BCUT2D eigenvalue weighted by Gasteiger charge is 2.24. The van der Waals surface area contributed by atoms with Gasteiger partial charge >= 0.3 is 0 Å². The highest BCUT2D eigenvalue weighted by molar-refractivity contribution is 5.23. The first kappa shape index (κ1) is 13.0. The van der Waals surface area contributed by atoms with Gasteiger partial charge in [0.15, 0.2) is 0 Å². The van der Waals surface area contributed by atoms with Gasteiger partial charge in [-0.15, -0.1) is 0 Å². The lowest BCUT2D eigenvalue weighted by Crippen LogP contribution is -2.41. The van der Waals surface area contributed by atoms with E-state index in [9.17, 15) is 0 Å². The maximum absolute atomic E-state index is 4.54. The number of aromatic amines is 1. The summed E-state index contributed by atoms with van der Waals surface area (Å²) in [6.45, 7) is 0. The first-order valence-electron chi connectivity index (χ1n) is 8.08. The van der Waals surface area contributed by atoms with Gasteiger partial charge < -0.3 is 5.32 Å². The molecule has 0 aromatic carbocycles. The van der Waals surface area contributed by atoms with Crippen LogP contribution in [0, 0.1) is 0 Å². The highest BCUT2D eigenvalue weighted by atomic mass is 15.1. The smallest absolute Gasteiger partial charge is 0.0522 e. The monoisotopic (exact) mass is 282 g/mol. The number of rotatable bonds is 2. The van der Waals surface area contributed by atoms with Crippen LogP contribution < -0.4 is 5.32 Å².